The average molecular weight is 517 g/mol. The molecule has 0 saturated carbocycles. The number of pyridine rings is 1. The summed E-state index contributed by atoms with van der Waals surface area (Å²) < 4.78 is 26.4. The molecule has 2 heterocycles. The summed E-state index contributed by atoms with van der Waals surface area (Å²) in [6.45, 7) is 12.1. The lowest BCUT2D eigenvalue weighted by atomic mass is 10.1. The molecule has 1 aromatic heterocycles. The van der Waals surface area contributed by atoms with Crippen LogP contribution < -0.4 is 14.8 Å². The van der Waals surface area contributed by atoms with Crippen LogP contribution in [-0.2, 0) is 16.0 Å². The van der Waals surface area contributed by atoms with Crippen molar-refractivity contribution in [3.05, 3.63) is 90.8 Å². The number of benzene rings is 2. The lowest BCUT2D eigenvalue weighted by Crippen LogP contribution is -2.44. The molecule has 2 aromatic carbocycles. The number of fused-ring (bicyclic) bond motifs is 1. The molecule has 8 nitrogen and oxygen atoms in total. The minimum Gasteiger partial charge on any atom is -0.496 e. The van der Waals surface area contributed by atoms with Crippen LogP contribution in [-0.4, -0.2) is 46.8 Å². The molecule has 1 aliphatic rings. The number of rotatable bonds is 9. The molecule has 0 saturated heterocycles. The van der Waals surface area contributed by atoms with E-state index in [1.54, 1.807) is 37.3 Å². The molecule has 196 valence electrons. The molecular formula is C29H29FN4O4. The van der Waals surface area contributed by atoms with Crippen molar-refractivity contribution in [2.75, 3.05) is 25.5 Å². The summed E-state index contributed by atoms with van der Waals surface area (Å²) in [7, 11) is 1.60. The summed E-state index contributed by atoms with van der Waals surface area (Å²) in [4.78, 5) is 33.2. The number of carbonyl (C=O) groups is 2. The standard InChI is InChI=1S/C29H29FN4O4/c1-6-13-33-17-22(29(36)34(8-3)18(33)4)28(35)32-20-9-10-26(23(30)15-20)38-25-11-12-31-24-16-27(37-5)19(7-2)14-21(24)25/h6,9-12,14-17H,1,4,7-8,13H2,2-3,5H3,(H,32,35). The highest BCUT2D eigenvalue weighted by molar-refractivity contribution is 6.23. The Bertz CT molecular complexity index is 1470. The molecule has 9 heteroatoms. The number of carbonyl (C=O) groups excluding carboxylic acids is 2. The van der Waals surface area contributed by atoms with Crippen molar-refractivity contribution in [2.45, 2.75) is 20.3 Å². The summed E-state index contributed by atoms with van der Waals surface area (Å²) in [5.74, 6) is -0.243. The highest BCUT2D eigenvalue weighted by atomic mass is 19.1. The first-order valence-electron chi connectivity index (χ1n) is 12.2. The van der Waals surface area contributed by atoms with Crippen molar-refractivity contribution in [3.63, 3.8) is 0 Å². The zero-order valence-corrected chi connectivity index (χ0v) is 21.6. The second kappa shape index (κ2) is 11.2. The van der Waals surface area contributed by atoms with Crippen molar-refractivity contribution in [1.29, 1.82) is 0 Å². The first kappa shape index (κ1) is 26.4. The number of amides is 2. The number of nitrogens with one attached hydrogen (secondary N) is 1. The molecule has 2 amide bonds. The summed E-state index contributed by atoms with van der Waals surface area (Å²) in [5, 5.41) is 3.32. The van der Waals surface area contributed by atoms with Gasteiger partial charge in [0.25, 0.3) is 11.8 Å². The van der Waals surface area contributed by atoms with Crippen LogP contribution in [0.15, 0.2) is 79.4 Å². The zero-order valence-electron chi connectivity index (χ0n) is 21.6. The normalized spacial score (nSPS) is 13.4. The van der Waals surface area contributed by atoms with E-state index in [1.165, 1.54) is 23.2 Å². The van der Waals surface area contributed by atoms with Crippen LogP contribution in [0.4, 0.5) is 10.1 Å². The van der Waals surface area contributed by atoms with E-state index in [9.17, 15) is 9.59 Å². The number of aromatic nitrogens is 1. The molecule has 0 unspecified atom stereocenters. The summed E-state index contributed by atoms with van der Waals surface area (Å²) >= 11 is 0. The third-order valence-corrected chi connectivity index (χ3v) is 6.18. The Kier molecular flexibility index (Phi) is 7.76. The third-order valence-electron chi connectivity index (χ3n) is 6.18. The number of likely N-dealkylation sites (N-methyl/N-ethyl adjacent to an activating group) is 1. The van der Waals surface area contributed by atoms with Crippen molar-refractivity contribution in [1.82, 2.24) is 14.8 Å². The van der Waals surface area contributed by atoms with Gasteiger partial charge in [-0.05, 0) is 43.2 Å². The topological polar surface area (TPSA) is 84.0 Å². The van der Waals surface area contributed by atoms with Crippen LogP contribution >= 0.6 is 0 Å². The minimum atomic E-state index is -0.683. The number of hydrogen-bond acceptors (Lipinski definition) is 6. The van der Waals surface area contributed by atoms with Crippen LogP contribution in [0.1, 0.15) is 19.4 Å². The van der Waals surface area contributed by atoms with E-state index in [4.69, 9.17) is 9.47 Å². The van der Waals surface area contributed by atoms with E-state index in [-0.39, 0.29) is 17.0 Å². The molecule has 0 spiro atoms. The quantitative estimate of drug-likeness (QED) is 0.304. The smallest absolute Gasteiger partial charge is 0.266 e. The number of methoxy groups -OCH3 is 1. The third kappa shape index (κ3) is 5.08. The molecular weight excluding hydrogens is 487 g/mol. The van der Waals surface area contributed by atoms with Gasteiger partial charge in [0, 0.05) is 48.7 Å². The van der Waals surface area contributed by atoms with Gasteiger partial charge in [-0.25, -0.2) is 4.39 Å². The van der Waals surface area contributed by atoms with Crippen LogP contribution in [0.2, 0.25) is 0 Å². The van der Waals surface area contributed by atoms with E-state index >= 15 is 4.39 Å². The first-order chi connectivity index (χ1) is 18.3. The summed E-state index contributed by atoms with van der Waals surface area (Å²) in [6, 6.07) is 9.47. The number of aryl methyl sites for hydroxylation is 1. The van der Waals surface area contributed by atoms with Crippen LogP contribution in [0.25, 0.3) is 10.9 Å². The Balaban J connectivity index is 1.57. The van der Waals surface area contributed by atoms with Gasteiger partial charge < -0.3 is 19.7 Å². The molecule has 0 radical (unpaired) electrons. The molecule has 38 heavy (non-hydrogen) atoms. The molecule has 1 aliphatic heterocycles. The summed E-state index contributed by atoms with van der Waals surface area (Å²) in [5.41, 5.74) is 1.71. The number of nitrogens with zero attached hydrogens (tertiary/aromatic N) is 3. The van der Waals surface area contributed by atoms with Gasteiger partial charge in [-0.3, -0.25) is 19.5 Å². The van der Waals surface area contributed by atoms with Gasteiger partial charge in [-0.15, -0.1) is 6.58 Å². The first-order valence-corrected chi connectivity index (χ1v) is 12.2. The Morgan fingerprint density at radius 3 is 2.61 bits per heavy atom. The Morgan fingerprint density at radius 1 is 1.16 bits per heavy atom. The Labute approximate surface area is 220 Å². The SMILES string of the molecule is C=CCN1C=C(C(=O)Nc2ccc(Oc3ccnc4cc(OC)c(CC)cc34)c(F)c2)C(=O)N(CC)C1=C. The van der Waals surface area contributed by atoms with Gasteiger partial charge in [-0.1, -0.05) is 19.6 Å². The Hall–Kier alpha value is -4.66. The van der Waals surface area contributed by atoms with E-state index in [2.05, 4.69) is 23.5 Å². The fourth-order valence-corrected chi connectivity index (χ4v) is 4.21. The van der Waals surface area contributed by atoms with Gasteiger partial charge in [-0.2, -0.15) is 0 Å². The lowest BCUT2D eigenvalue weighted by molar-refractivity contribution is -0.129. The fraction of sp³-hybridized carbons (Fsp3) is 0.207. The molecule has 0 atom stereocenters. The van der Waals surface area contributed by atoms with Crippen LogP contribution in [0, 0.1) is 5.82 Å². The van der Waals surface area contributed by atoms with Crippen LogP contribution in [0.5, 0.6) is 17.2 Å². The molecule has 0 bridgehead atoms. The maximum Gasteiger partial charge on any atom is 0.266 e. The number of anilines is 1. The van der Waals surface area contributed by atoms with E-state index in [0.29, 0.717) is 30.2 Å². The molecule has 0 fully saturated rings. The number of hydrogen-bond donors (Lipinski definition) is 1. The highest BCUT2D eigenvalue weighted by Gasteiger charge is 2.32. The van der Waals surface area contributed by atoms with Crippen LogP contribution in [0.3, 0.4) is 0 Å². The zero-order chi connectivity index (χ0) is 27.4. The summed E-state index contributed by atoms with van der Waals surface area (Å²) in [6.07, 6.45) is 5.38. The predicted molar refractivity (Wildman–Crippen MR) is 144 cm³/mol. The largest absolute Gasteiger partial charge is 0.496 e. The Morgan fingerprint density at radius 2 is 1.95 bits per heavy atom. The van der Waals surface area contributed by atoms with Crippen molar-refractivity contribution in [2.24, 2.45) is 0 Å². The van der Waals surface area contributed by atoms with Gasteiger partial charge in [0.2, 0.25) is 0 Å². The second-order valence-electron chi connectivity index (χ2n) is 8.49. The molecule has 1 N–H and O–H groups in total. The second-order valence-corrected chi connectivity index (χ2v) is 8.49. The van der Waals surface area contributed by atoms with Crippen molar-refractivity contribution in [3.8, 4) is 17.2 Å². The van der Waals surface area contributed by atoms with E-state index < -0.39 is 17.6 Å². The van der Waals surface area contributed by atoms with E-state index in [1.807, 2.05) is 19.1 Å². The molecule has 3 aromatic rings. The van der Waals surface area contributed by atoms with Gasteiger partial charge in [0.15, 0.2) is 11.6 Å². The van der Waals surface area contributed by atoms with Crippen molar-refractivity contribution >= 4 is 28.4 Å². The maximum absolute atomic E-state index is 15.1. The van der Waals surface area contributed by atoms with Crippen molar-refractivity contribution < 1.29 is 23.5 Å². The highest BCUT2D eigenvalue weighted by Crippen LogP contribution is 2.35. The monoisotopic (exact) mass is 516 g/mol. The predicted octanol–water partition coefficient (Wildman–Crippen LogP) is 5.38. The van der Waals surface area contributed by atoms with Gasteiger partial charge in [0.05, 0.1) is 12.6 Å². The number of halogens is 1. The van der Waals surface area contributed by atoms with E-state index in [0.717, 1.165) is 29.2 Å². The number of ether oxygens (including phenoxy) is 2. The maximum atomic E-state index is 15.1. The lowest BCUT2D eigenvalue weighted by Gasteiger charge is -2.35. The fourth-order valence-electron chi connectivity index (χ4n) is 4.21. The van der Waals surface area contributed by atoms with Gasteiger partial charge in [0.1, 0.15) is 22.9 Å². The van der Waals surface area contributed by atoms with Gasteiger partial charge >= 0.3 is 0 Å². The molecule has 4 rings (SSSR count). The minimum absolute atomic E-state index is 0.0251. The molecule has 0 aliphatic carbocycles. The average Bonchev–Trinajstić information content (AvgIpc) is 2.91.